The second-order valence-corrected chi connectivity index (χ2v) is 16.2. The van der Waals surface area contributed by atoms with Gasteiger partial charge >= 0.3 is 11.9 Å². The Kier molecular flexibility index (Phi) is 14.7. The Bertz CT molecular complexity index is 1350. The topological polar surface area (TPSA) is 172 Å². The van der Waals surface area contributed by atoms with Gasteiger partial charge in [0.15, 0.2) is 0 Å². The largest absolute Gasteiger partial charge is 0.457 e. The lowest BCUT2D eigenvalue weighted by molar-refractivity contribution is -0.157. The lowest BCUT2D eigenvalue weighted by Gasteiger charge is -2.33. The van der Waals surface area contributed by atoms with Crippen LogP contribution in [-0.4, -0.2) is 88.6 Å². The SMILES string of the molecule is CCC(OS(C)(=O)=O)C(C)C1OC1CC(C)/C=C/C=C(\C)C1OC(=O)CC(OS(C)(=O)=O)CCC(C)(O)C(OC(C)=O)/C=C\C1C. The van der Waals surface area contributed by atoms with Gasteiger partial charge in [-0.1, -0.05) is 52.0 Å². The first-order chi connectivity index (χ1) is 21.1. The molecular formula is C32H52O12S2. The molecule has 1 saturated heterocycles. The Labute approximate surface area is 274 Å². The van der Waals surface area contributed by atoms with E-state index in [1.54, 1.807) is 12.2 Å². The van der Waals surface area contributed by atoms with Crippen molar-refractivity contribution in [2.24, 2.45) is 17.8 Å². The van der Waals surface area contributed by atoms with Gasteiger partial charge in [-0.25, -0.2) is 0 Å². The Balaban J connectivity index is 2.20. The summed E-state index contributed by atoms with van der Waals surface area (Å²) in [4.78, 5) is 24.8. The van der Waals surface area contributed by atoms with Crippen LogP contribution in [0.25, 0.3) is 0 Å². The first-order valence-corrected chi connectivity index (χ1v) is 19.3. The average Bonchev–Trinajstić information content (AvgIpc) is 3.67. The lowest BCUT2D eigenvalue weighted by atomic mass is 9.88. The molecule has 46 heavy (non-hydrogen) atoms. The third-order valence-electron chi connectivity index (χ3n) is 8.19. The summed E-state index contributed by atoms with van der Waals surface area (Å²) in [5, 5.41) is 11.2. The molecule has 10 unspecified atom stereocenters. The van der Waals surface area contributed by atoms with Crippen LogP contribution < -0.4 is 0 Å². The molecule has 0 aromatic heterocycles. The number of esters is 2. The van der Waals surface area contributed by atoms with Gasteiger partial charge in [-0.15, -0.1) is 0 Å². The second-order valence-electron chi connectivity index (χ2n) is 13.0. The van der Waals surface area contributed by atoms with E-state index < -0.39 is 68.1 Å². The van der Waals surface area contributed by atoms with Crippen molar-refractivity contribution < 1.29 is 54.1 Å². The summed E-state index contributed by atoms with van der Waals surface area (Å²) in [7, 11) is -7.49. The zero-order valence-corrected chi connectivity index (χ0v) is 30.0. The number of epoxide rings is 1. The predicted molar refractivity (Wildman–Crippen MR) is 172 cm³/mol. The lowest BCUT2D eigenvalue weighted by Crippen LogP contribution is -2.42. The van der Waals surface area contributed by atoms with Gasteiger partial charge in [0.2, 0.25) is 0 Å². The molecule has 2 aliphatic heterocycles. The van der Waals surface area contributed by atoms with E-state index in [-0.39, 0.29) is 43.3 Å². The summed E-state index contributed by atoms with van der Waals surface area (Å²) in [6.07, 6.45) is 8.38. The number of carbonyl (C=O) groups excluding carboxylic acids is 2. The molecule has 10 atom stereocenters. The molecule has 264 valence electrons. The zero-order chi connectivity index (χ0) is 35.0. The maximum absolute atomic E-state index is 13.0. The van der Waals surface area contributed by atoms with Crippen molar-refractivity contribution in [3.63, 3.8) is 0 Å². The van der Waals surface area contributed by atoms with Crippen LogP contribution in [0.5, 0.6) is 0 Å². The van der Waals surface area contributed by atoms with Crippen LogP contribution in [0.3, 0.4) is 0 Å². The molecule has 0 amide bonds. The highest BCUT2D eigenvalue weighted by atomic mass is 32.2. The fraction of sp³-hybridized carbons (Fsp3) is 0.750. The average molecular weight is 693 g/mol. The number of cyclic esters (lactones) is 1. The van der Waals surface area contributed by atoms with Gasteiger partial charge in [0, 0.05) is 18.8 Å². The fourth-order valence-electron chi connectivity index (χ4n) is 5.66. The maximum atomic E-state index is 13.0. The van der Waals surface area contributed by atoms with E-state index in [1.165, 1.54) is 13.8 Å². The minimum Gasteiger partial charge on any atom is -0.457 e. The van der Waals surface area contributed by atoms with Gasteiger partial charge < -0.3 is 19.3 Å². The molecule has 0 aromatic rings. The van der Waals surface area contributed by atoms with Crippen LogP contribution >= 0.6 is 0 Å². The monoisotopic (exact) mass is 692 g/mol. The highest BCUT2D eigenvalue weighted by Gasteiger charge is 2.46. The molecule has 1 N–H and O–H groups in total. The summed E-state index contributed by atoms with van der Waals surface area (Å²) < 4.78 is 74.5. The molecule has 14 heteroatoms. The molecule has 2 rings (SSSR count). The summed E-state index contributed by atoms with van der Waals surface area (Å²) in [5.41, 5.74) is -0.857. The molecule has 0 spiro atoms. The third kappa shape index (κ3) is 13.9. The van der Waals surface area contributed by atoms with E-state index in [0.717, 1.165) is 18.9 Å². The van der Waals surface area contributed by atoms with Gasteiger partial charge in [0.1, 0.15) is 17.8 Å². The molecule has 1 fully saturated rings. The van der Waals surface area contributed by atoms with E-state index in [2.05, 4.69) is 0 Å². The fourth-order valence-corrected chi connectivity index (χ4v) is 7.07. The van der Waals surface area contributed by atoms with Crippen LogP contribution in [0, 0.1) is 17.8 Å². The highest BCUT2D eigenvalue weighted by Crippen LogP contribution is 2.37. The predicted octanol–water partition coefficient (Wildman–Crippen LogP) is 3.99. The van der Waals surface area contributed by atoms with Crippen molar-refractivity contribution in [3.8, 4) is 0 Å². The molecule has 0 saturated carbocycles. The van der Waals surface area contributed by atoms with Gasteiger partial charge in [0.05, 0.1) is 43.3 Å². The summed E-state index contributed by atoms with van der Waals surface area (Å²) >= 11 is 0. The van der Waals surface area contributed by atoms with Crippen molar-refractivity contribution in [2.75, 3.05) is 12.5 Å². The molecular weight excluding hydrogens is 640 g/mol. The minimum absolute atomic E-state index is 0.00931. The van der Waals surface area contributed by atoms with Gasteiger partial charge in [-0.2, -0.15) is 16.8 Å². The quantitative estimate of drug-likeness (QED) is 0.0969. The van der Waals surface area contributed by atoms with Crippen molar-refractivity contribution in [3.05, 3.63) is 36.0 Å². The first kappa shape index (κ1) is 40.1. The Morgan fingerprint density at radius 1 is 1.15 bits per heavy atom. The summed E-state index contributed by atoms with van der Waals surface area (Å²) in [6.45, 7) is 12.2. The first-order valence-electron chi connectivity index (χ1n) is 15.7. The molecule has 0 radical (unpaired) electrons. The van der Waals surface area contributed by atoms with E-state index in [4.69, 9.17) is 22.6 Å². The van der Waals surface area contributed by atoms with Crippen molar-refractivity contribution >= 4 is 32.2 Å². The van der Waals surface area contributed by atoms with Gasteiger partial charge in [0.25, 0.3) is 20.2 Å². The van der Waals surface area contributed by atoms with Crippen molar-refractivity contribution in [1.29, 1.82) is 0 Å². The minimum atomic E-state index is -3.92. The van der Waals surface area contributed by atoms with E-state index in [0.29, 0.717) is 12.0 Å². The number of ether oxygens (including phenoxy) is 3. The highest BCUT2D eigenvalue weighted by molar-refractivity contribution is 7.86. The van der Waals surface area contributed by atoms with E-state index in [9.17, 15) is 31.5 Å². The van der Waals surface area contributed by atoms with Crippen LogP contribution in [0.1, 0.15) is 80.6 Å². The molecule has 0 aromatic carbocycles. The zero-order valence-electron chi connectivity index (χ0n) is 28.4. The van der Waals surface area contributed by atoms with Gasteiger partial charge in [-0.05, 0) is 57.1 Å². The summed E-state index contributed by atoms with van der Waals surface area (Å²) in [5.74, 6) is -1.62. The van der Waals surface area contributed by atoms with Crippen LogP contribution in [0.2, 0.25) is 0 Å². The normalized spacial score (nSPS) is 32.8. The Morgan fingerprint density at radius 3 is 2.37 bits per heavy atom. The van der Waals surface area contributed by atoms with Crippen LogP contribution in [0.4, 0.5) is 0 Å². The number of hydrogen-bond acceptors (Lipinski definition) is 12. The smallest absolute Gasteiger partial charge is 0.309 e. The Hall–Kier alpha value is -2.10. The molecule has 12 nitrogen and oxygen atoms in total. The standard InChI is InChI=1S/C32H52O12S2/c1-10-26(44-46(9,38)39)23(5)31-27(41-31)18-20(2)12-11-13-21(3)30-22(4)14-15-28(40-24(6)33)32(7,35)17-16-25(19-29(34)42-30)43-45(8,36)37/h11-15,20,22-23,25-28,30-31,35H,10,16-19H2,1-9H3/b12-11+,15-14-,21-13+. The van der Waals surface area contributed by atoms with Crippen LogP contribution in [0.15, 0.2) is 36.0 Å². The number of hydrogen-bond donors (Lipinski definition) is 1. The number of allylic oxidation sites excluding steroid dienone is 3. The van der Waals surface area contributed by atoms with Gasteiger partial charge in [-0.3, -0.25) is 18.0 Å². The number of rotatable bonds is 13. The second kappa shape index (κ2) is 16.8. The summed E-state index contributed by atoms with van der Waals surface area (Å²) in [6, 6.07) is 0. The molecule has 0 aliphatic carbocycles. The van der Waals surface area contributed by atoms with Crippen molar-refractivity contribution in [1.82, 2.24) is 0 Å². The Morgan fingerprint density at radius 2 is 1.80 bits per heavy atom. The number of aliphatic hydroxyl groups is 1. The van der Waals surface area contributed by atoms with E-state index in [1.807, 2.05) is 52.8 Å². The molecule has 2 aliphatic rings. The van der Waals surface area contributed by atoms with E-state index >= 15 is 0 Å². The van der Waals surface area contributed by atoms with Crippen LogP contribution in [-0.2, 0) is 52.4 Å². The number of carbonyl (C=O) groups is 2. The third-order valence-corrected chi connectivity index (χ3v) is 9.41. The maximum Gasteiger partial charge on any atom is 0.309 e. The van der Waals surface area contributed by atoms with Crippen molar-refractivity contribution in [2.45, 2.75) is 123 Å². The molecule has 0 bridgehead atoms. The molecule has 2 heterocycles.